The maximum Gasteiger partial charge on any atom is 0.0593 e. The molecule has 10 heavy (non-hydrogen) atoms. The van der Waals surface area contributed by atoms with Crippen molar-refractivity contribution in [3.05, 3.63) is 0 Å². The fraction of sp³-hybridized carbons (Fsp3) is 1.00. The number of halogens is 1. The normalized spacial score (nSPS) is 42.6. The molecule has 3 aliphatic heterocycles. The number of rotatable bonds is 1. The average Bonchev–Trinajstić information content (AvgIpc) is 1.86. The zero-order valence-electron chi connectivity index (χ0n) is 6.26. The third-order valence-electron chi connectivity index (χ3n) is 2.54. The Bertz CT molecular complexity index is 129. The number of piperazine rings is 2. The first-order valence-corrected chi connectivity index (χ1v) is 5.14. The van der Waals surface area contributed by atoms with Crippen molar-refractivity contribution in [2.45, 2.75) is 17.0 Å². The zero-order chi connectivity index (χ0) is 7.14. The van der Waals surface area contributed by atoms with Crippen LogP contribution < -0.4 is 0 Å². The SMILES string of the molecule is C[C@H](I)N1CCN2CC1C2. The van der Waals surface area contributed by atoms with Gasteiger partial charge in [-0.25, -0.2) is 0 Å². The van der Waals surface area contributed by atoms with Gasteiger partial charge in [0.25, 0.3) is 0 Å². The number of nitrogens with zero attached hydrogens (tertiary/aromatic N) is 2. The lowest BCUT2D eigenvalue weighted by atomic mass is 10.0. The molecular weight excluding hydrogens is 239 g/mol. The van der Waals surface area contributed by atoms with E-state index in [2.05, 4.69) is 39.3 Å². The standard InChI is InChI=1S/C7H13IN2/c1-6(8)10-3-2-9-4-7(10)5-9/h6-7H,2-5H2,1H3/t6-/m1/s1. The molecule has 3 saturated heterocycles. The highest BCUT2D eigenvalue weighted by molar-refractivity contribution is 14.1. The maximum atomic E-state index is 2.61. The summed E-state index contributed by atoms with van der Waals surface area (Å²) in [7, 11) is 0. The van der Waals surface area contributed by atoms with Crippen LogP contribution in [0.5, 0.6) is 0 Å². The van der Waals surface area contributed by atoms with E-state index in [1.807, 2.05) is 0 Å². The monoisotopic (exact) mass is 252 g/mol. The minimum atomic E-state index is 0.727. The van der Waals surface area contributed by atoms with Crippen LogP contribution >= 0.6 is 22.6 Å². The van der Waals surface area contributed by atoms with Gasteiger partial charge in [0.2, 0.25) is 0 Å². The van der Waals surface area contributed by atoms with Crippen molar-refractivity contribution >= 4 is 22.6 Å². The molecule has 1 atom stereocenters. The molecule has 3 aliphatic rings. The Kier molecular flexibility index (Phi) is 1.90. The highest BCUT2D eigenvalue weighted by Gasteiger charge is 2.37. The minimum absolute atomic E-state index is 0.727. The smallest absolute Gasteiger partial charge is 0.0593 e. The first-order chi connectivity index (χ1) is 4.77. The van der Waals surface area contributed by atoms with Crippen molar-refractivity contribution in [2.24, 2.45) is 0 Å². The van der Waals surface area contributed by atoms with E-state index in [9.17, 15) is 0 Å². The molecule has 0 aromatic rings. The van der Waals surface area contributed by atoms with Crippen LogP contribution in [-0.2, 0) is 0 Å². The molecule has 0 aliphatic carbocycles. The first kappa shape index (κ1) is 7.31. The predicted molar refractivity (Wildman–Crippen MR) is 50.4 cm³/mol. The Labute approximate surface area is 75.7 Å². The van der Waals surface area contributed by atoms with Crippen molar-refractivity contribution in [1.29, 1.82) is 0 Å². The second-order valence-electron chi connectivity index (χ2n) is 3.23. The highest BCUT2D eigenvalue weighted by Crippen LogP contribution is 2.24. The van der Waals surface area contributed by atoms with E-state index in [1.165, 1.54) is 26.2 Å². The van der Waals surface area contributed by atoms with Gasteiger partial charge in [0, 0.05) is 32.2 Å². The lowest BCUT2D eigenvalue weighted by Crippen LogP contribution is -2.67. The van der Waals surface area contributed by atoms with Crippen LogP contribution in [0, 0.1) is 0 Å². The Morgan fingerprint density at radius 3 is 2.40 bits per heavy atom. The summed E-state index contributed by atoms with van der Waals surface area (Å²) in [5, 5.41) is 0. The quantitative estimate of drug-likeness (QED) is 0.386. The maximum absolute atomic E-state index is 2.61. The zero-order valence-corrected chi connectivity index (χ0v) is 8.41. The van der Waals surface area contributed by atoms with Crippen LogP contribution in [0.2, 0.25) is 0 Å². The fourth-order valence-electron chi connectivity index (χ4n) is 1.84. The Morgan fingerprint density at radius 1 is 1.40 bits per heavy atom. The van der Waals surface area contributed by atoms with Crippen molar-refractivity contribution < 1.29 is 0 Å². The summed E-state index contributed by atoms with van der Waals surface area (Å²) in [6.07, 6.45) is 0. The fourth-order valence-corrected chi connectivity index (χ4v) is 2.58. The van der Waals surface area contributed by atoms with E-state index in [1.54, 1.807) is 0 Å². The van der Waals surface area contributed by atoms with Gasteiger partial charge in [-0.3, -0.25) is 9.80 Å². The topological polar surface area (TPSA) is 6.48 Å². The largest absolute Gasteiger partial charge is 0.299 e. The molecule has 0 radical (unpaired) electrons. The summed E-state index contributed by atoms with van der Waals surface area (Å²) in [6, 6.07) is 0.889. The van der Waals surface area contributed by atoms with Gasteiger partial charge in [-0.1, -0.05) is 22.6 Å². The summed E-state index contributed by atoms with van der Waals surface area (Å²) in [6.45, 7) is 7.52. The van der Waals surface area contributed by atoms with Crippen molar-refractivity contribution in [2.75, 3.05) is 26.2 Å². The number of hydrogen-bond donors (Lipinski definition) is 0. The van der Waals surface area contributed by atoms with Gasteiger partial charge in [-0.2, -0.15) is 0 Å². The summed E-state index contributed by atoms with van der Waals surface area (Å²) < 4.78 is 0.727. The van der Waals surface area contributed by atoms with Gasteiger partial charge in [0.05, 0.1) is 4.05 Å². The molecule has 3 heterocycles. The highest BCUT2D eigenvalue weighted by atomic mass is 127. The molecule has 0 amide bonds. The van der Waals surface area contributed by atoms with Crippen LogP contribution in [0.3, 0.4) is 0 Å². The van der Waals surface area contributed by atoms with Gasteiger partial charge in [-0.15, -0.1) is 0 Å². The van der Waals surface area contributed by atoms with Crippen LogP contribution in [0.25, 0.3) is 0 Å². The summed E-state index contributed by atoms with van der Waals surface area (Å²) in [5.74, 6) is 0. The Hall–Kier alpha value is 0.650. The van der Waals surface area contributed by atoms with E-state index < -0.39 is 0 Å². The van der Waals surface area contributed by atoms with Gasteiger partial charge < -0.3 is 0 Å². The van der Waals surface area contributed by atoms with Gasteiger partial charge in [0.15, 0.2) is 0 Å². The first-order valence-electron chi connectivity index (χ1n) is 3.89. The molecule has 0 N–H and O–H groups in total. The molecule has 0 spiro atoms. The van der Waals surface area contributed by atoms with Crippen molar-refractivity contribution in [3.8, 4) is 0 Å². The van der Waals surface area contributed by atoms with Gasteiger partial charge in [0.1, 0.15) is 0 Å². The Balaban J connectivity index is 1.96. The van der Waals surface area contributed by atoms with Gasteiger partial charge >= 0.3 is 0 Å². The molecule has 0 aromatic carbocycles. The number of alkyl halides is 1. The molecule has 0 unspecified atom stereocenters. The van der Waals surface area contributed by atoms with E-state index in [0.717, 1.165) is 10.1 Å². The molecule has 2 bridgehead atoms. The number of hydrogen-bond acceptors (Lipinski definition) is 2. The average molecular weight is 252 g/mol. The van der Waals surface area contributed by atoms with Crippen LogP contribution in [0.15, 0.2) is 0 Å². The van der Waals surface area contributed by atoms with Gasteiger partial charge in [-0.05, 0) is 6.92 Å². The molecule has 2 nitrogen and oxygen atoms in total. The summed E-state index contributed by atoms with van der Waals surface area (Å²) in [4.78, 5) is 5.14. The third kappa shape index (κ3) is 1.08. The van der Waals surface area contributed by atoms with Crippen LogP contribution in [0.1, 0.15) is 6.92 Å². The molecule has 58 valence electrons. The summed E-state index contributed by atoms with van der Waals surface area (Å²) in [5.41, 5.74) is 0. The summed E-state index contributed by atoms with van der Waals surface area (Å²) >= 11 is 2.51. The van der Waals surface area contributed by atoms with E-state index in [-0.39, 0.29) is 0 Å². The van der Waals surface area contributed by atoms with Crippen LogP contribution in [0.4, 0.5) is 0 Å². The van der Waals surface area contributed by atoms with Crippen molar-refractivity contribution in [3.63, 3.8) is 0 Å². The lowest BCUT2D eigenvalue weighted by molar-refractivity contribution is -0.0253. The molecule has 3 rings (SSSR count). The molecular formula is C7H13IN2. The number of fused-ring (bicyclic) bond motifs is 2. The Morgan fingerprint density at radius 2 is 2.10 bits per heavy atom. The molecule has 0 saturated carbocycles. The second-order valence-corrected chi connectivity index (χ2v) is 5.03. The molecule has 0 aromatic heterocycles. The molecule has 3 heteroatoms. The van der Waals surface area contributed by atoms with E-state index in [0.29, 0.717) is 0 Å². The second kappa shape index (κ2) is 2.60. The lowest BCUT2D eigenvalue weighted by Gasteiger charge is -2.52. The third-order valence-corrected chi connectivity index (χ3v) is 3.25. The minimum Gasteiger partial charge on any atom is -0.299 e. The van der Waals surface area contributed by atoms with Crippen LogP contribution in [-0.4, -0.2) is 46.1 Å². The van der Waals surface area contributed by atoms with E-state index in [4.69, 9.17) is 0 Å². The molecule has 3 fully saturated rings. The predicted octanol–water partition coefficient (Wildman–Crippen LogP) is 0.767. The van der Waals surface area contributed by atoms with Crippen molar-refractivity contribution in [1.82, 2.24) is 9.80 Å². The van der Waals surface area contributed by atoms with E-state index >= 15 is 0 Å².